The molecule has 1 aliphatic rings. The van der Waals surface area contributed by atoms with E-state index in [2.05, 4.69) is 36.1 Å². The van der Waals surface area contributed by atoms with Crippen LogP contribution >= 0.6 is 0 Å². The zero-order valence-corrected chi connectivity index (χ0v) is 22.0. The first-order chi connectivity index (χ1) is 17.8. The number of hydrogen-bond donors (Lipinski definition) is 2. The number of nitrogens with one attached hydrogen (secondary N) is 2. The van der Waals surface area contributed by atoms with Gasteiger partial charge >= 0.3 is 0 Å². The van der Waals surface area contributed by atoms with Gasteiger partial charge in [0.15, 0.2) is 0 Å². The molecule has 4 heterocycles. The van der Waals surface area contributed by atoms with Crippen LogP contribution in [0.25, 0.3) is 10.9 Å². The summed E-state index contributed by atoms with van der Waals surface area (Å²) in [6.07, 6.45) is 6.57. The minimum absolute atomic E-state index is 0.413. The molecule has 37 heavy (non-hydrogen) atoms. The molecular formula is C26H31N7O3S. The summed E-state index contributed by atoms with van der Waals surface area (Å²) >= 11 is 0. The van der Waals surface area contributed by atoms with Crippen LogP contribution in [0.5, 0.6) is 5.75 Å². The highest BCUT2D eigenvalue weighted by Gasteiger charge is 2.18. The summed E-state index contributed by atoms with van der Waals surface area (Å²) in [5, 5.41) is 7.76. The third-order valence-electron chi connectivity index (χ3n) is 6.57. The van der Waals surface area contributed by atoms with Crippen LogP contribution in [0, 0.1) is 0 Å². The van der Waals surface area contributed by atoms with Crippen LogP contribution in [0.2, 0.25) is 0 Å². The smallest absolute Gasteiger partial charge is 0.233 e. The fraction of sp³-hybridized carbons (Fsp3) is 0.308. The van der Waals surface area contributed by atoms with Crippen LogP contribution in [0.3, 0.4) is 0 Å². The van der Waals surface area contributed by atoms with Crippen molar-refractivity contribution in [2.45, 2.75) is 6.54 Å². The van der Waals surface area contributed by atoms with Gasteiger partial charge in [0.25, 0.3) is 0 Å². The Bertz CT molecular complexity index is 1510. The maximum atomic E-state index is 12.1. The van der Waals surface area contributed by atoms with Crippen molar-refractivity contribution in [2.24, 2.45) is 0 Å². The number of nitrogens with zero attached hydrogens (tertiary/aromatic N) is 5. The van der Waals surface area contributed by atoms with E-state index in [1.54, 1.807) is 13.3 Å². The molecule has 0 aliphatic carbocycles. The highest BCUT2D eigenvalue weighted by Crippen LogP contribution is 2.33. The highest BCUT2D eigenvalue weighted by molar-refractivity contribution is 7.92. The van der Waals surface area contributed by atoms with Gasteiger partial charge in [-0.05, 0) is 24.3 Å². The molecule has 11 heteroatoms. The minimum Gasteiger partial charge on any atom is -0.495 e. The number of pyridine rings is 2. The van der Waals surface area contributed by atoms with Crippen LogP contribution in [0.15, 0.2) is 61.1 Å². The molecule has 2 N–H and O–H groups in total. The maximum Gasteiger partial charge on any atom is 0.233 e. The van der Waals surface area contributed by atoms with E-state index in [1.165, 1.54) is 17.6 Å². The molecular weight excluding hydrogens is 490 g/mol. The number of aromatic nitrogens is 3. The lowest BCUT2D eigenvalue weighted by molar-refractivity contribution is 0.413. The molecule has 10 nitrogen and oxygen atoms in total. The lowest BCUT2D eigenvalue weighted by atomic mass is 10.2. The van der Waals surface area contributed by atoms with E-state index < -0.39 is 10.0 Å². The van der Waals surface area contributed by atoms with Gasteiger partial charge in [0.2, 0.25) is 10.0 Å². The van der Waals surface area contributed by atoms with Crippen molar-refractivity contribution in [3.8, 4) is 5.75 Å². The average Bonchev–Trinajstić information content (AvgIpc) is 3.30. The summed E-state index contributed by atoms with van der Waals surface area (Å²) in [6, 6.07) is 13.8. The molecule has 0 spiro atoms. The number of hydrogen-bond acceptors (Lipinski definition) is 8. The summed E-state index contributed by atoms with van der Waals surface area (Å²) in [6.45, 7) is 4.26. The minimum atomic E-state index is -3.43. The fourth-order valence-electron chi connectivity index (χ4n) is 4.54. The molecule has 5 rings (SSSR count). The second-order valence-electron chi connectivity index (χ2n) is 9.04. The molecule has 1 saturated heterocycles. The molecule has 0 bridgehead atoms. The SMILES string of the molecule is COc1cc(Nc2cc3c(ccn3Cc3cccnc3N(C)S(C)(=O)=O)cn2)ccc1N1CCNCC1. The quantitative estimate of drug-likeness (QED) is 0.365. The summed E-state index contributed by atoms with van der Waals surface area (Å²) in [7, 11) is -0.225. The van der Waals surface area contributed by atoms with E-state index in [9.17, 15) is 8.42 Å². The second-order valence-corrected chi connectivity index (χ2v) is 11.1. The summed E-state index contributed by atoms with van der Waals surface area (Å²) in [5.41, 5.74) is 3.73. The molecule has 1 aromatic carbocycles. The summed E-state index contributed by atoms with van der Waals surface area (Å²) < 4.78 is 33.2. The average molecular weight is 522 g/mol. The Morgan fingerprint density at radius 2 is 1.95 bits per heavy atom. The van der Waals surface area contributed by atoms with Crippen molar-refractivity contribution < 1.29 is 13.2 Å². The third-order valence-corrected chi connectivity index (χ3v) is 7.74. The topological polar surface area (TPSA) is 105 Å². The highest BCUT2D eigenvalue weighted by atomic mass is 32.2. The fourth-order valence-corrected chi connectivity index (χ4v) is 5.02. The number of rotatable bonds is 8. The summed E-state index contributed by atoms with van der Waals surface area (Å²) in [4.78, 5) is 11.2. The van der Waals surface area contributed by atoms with Gasteiger partial charge in [-0.15, -0.1) is 0 Å². The predicted octanol–water partition coefficient (Wildman–Crippen LogP) is 3.04. The van der Waals surface area contributed by atoms with E-state index in [4.69, 9.17) is 4.74 Å². The maximum absolute atomic E-state index is 12.1. The first-order valence-electron chi connectivity index (χ1n) is 12.1. The zero-order valence-electron chi connectivity index (χ0n) is 21.2. The number of ether oxygens (including phenoxy) is 1. The number of piperazine rings is 1. The Hall–Kier alpha value is -3.83. The van der Waals surface area contributed by atoms with Gasteiger partial charge in [-0.2, -0.15) is 0 Å². The van der Waals surface area contributed by atoms with Crippen LogP contribution < -0.4 is 24.6 Å². The van der Waals surface area contributed by atoms with E-state index in [-0.39, 0.29) is 0 Å². The van der Waals surface area contributed by atoms with Gasteiger partial charge in [-0.1, -0.05) is 6.07 Å². The largest absolute Gasteiger partial charge is 0.495 e. The molecule has 1 fully saturated rings. The molecule has 0 saturated carbocycles. The van der Waals surface area contributed by atoms with Crippen molar-refractivity contribution in [1.29, 1.82) is 0 Å². The number of anilines is 4. The van der Waals surface area contributed by atoms with Gasteiger partial charge in [0, 0.05) is 80.6 Å². The third kappa shape index (κ3) is 5.32. The Kier molecular flexibility index (Phi) is 6.90. The monoisotopic (exact) mass is 521 g/mol. The Morgan fingerprint density at radius 3 is 2.70 bits per heavy atom. The van der Waals surface area contributed by atoms with Crippen molar-refractivity contribution in [3.63, 3.8) is 0 Å². The first-order valence-corrected chi connectivity index (χ1v) is 13.9. The molecule has 1 aliphatic heterocycles. The van der Waals surface area contributed by atoms with Gasteiger partial charge in [-0.25, -0.2) is 18.4 Å². The van der Waals surface area contributed by atoms with Crippen molar-refractivity contribution in [1.82, 2.24) is 19.9 Å². The first kappa shape index (κ1) is 24.8. The lowest BCUT2D eigenvalue weighted by Crippen LogP contribution is -2.43. The molecule has 3 aromatic heterocycles. The molecule has 0 unspecified atom stereocenters. The van der Waals surface area contributed by atoms with Crippen LogP contribution in [-0.2, 0) is 16.6 Å². The Labute approximate surface area is 216 Å². The van der Waals surface area contributed by atoms with Crippen LogP contribution in [-0.4, -0.2) is 69.5 Å². The molecule has 0 atom stereocenters. The van der Waals surface area contributed by atoms with Gasteiger partial charge < -0.3 is 24.8 Å². The van der Waals surface area contributed by atoms with Gasteiger partial charge in [0.05, 0.1) is 31.1 Å². The number of benzene rings is 1. The van der Waals surface area contributed by atoms with Gasteiger partial charge in [-0.3, -0.25) is 4.31 Å². The standard InChI is InChI=1S/C26H31N7O3S/c1-31(37(3,34)35)26-20(5-4-9-28-26)18-33-12-8-19-17-29-25(16-23(19)33)30-21-6-7-22(24(15-21)36-2)32-13-10-27-11-14-32/h4-9,12,15-17,27H,10-11,13-14,18H2,1-3H3,(H,29,30). The number of fused-ring (bicyclic) bond motifs is 1. The second kappa shape index (κ2) is 10.3. The normalized spacial score (nSPS) is 14.1. The van der Waals surface area contributed by atoms with Crippen molar-refractivity contribution in [3.05, 3.63) is 66.6 Å². The number of sulfonamides is 1. The molecule has 194 valence electrons. The van der Waals surface area contributed by atoms with E-state index >= 15 is 0 Å². The molecule has 4 aromatic rings. The molecule has 0 radical (unpaired) electrons. The van der Waals surface area contributed by atoms with Crippen molar-refractivity contribution >= 4 is 43.9 Å². The van der Waals surface area contributed by atoms with E-state index in [0.717, 1.165) is 59.8 Å². The van der Waals surface area contributed by atoms with Crippen LogP contribution in [0.1, 0.15) is 5.56 Å². The number of methoxy groups -OCH3 is 1. The Balaban J connectivity index is 1.41. The zero-order chi connectivity index (χ0) is 26.0. The van der Waals surface area contributed by atoms with Crippen molar-refractivity contribution in [2.75, 3.05) is 61.1 Å². The van der Waals surface area contributed by atoms with E-state index in [0.29, 0.717) is 18.2 Å². The predicted molar refractivity (Wildman–Crippen MR) is 148 cm³/mol. The lowest BCUT2D eigenvalue weighted by Gasteiger charge is -2.30. The van der Waals surface area contributed by atoms with Crippen LogP contribution in [0.4, 0.5) is 23.0 Å². The van der Waals surface area contributed by atoms with E-state index in [1.807, 2.05) is 48.8 Å². The molecule has 0 amide bonds. The van der Waals surface area contributed by atoms with Gasteiger partial charge in [0.1, 0.15) is 17.4 Å². The Morgan fingerprint density at radius 1 is 1.14 bits per heavy atom. The summed E-state index contributed by atoms with van der Waals surface area (Å²) in [5.74, 6) is 1.93.